The molecule has 2 aromatic carbocycles. The van der Waals surface area contributed by atoms with E-state index in [4.69, 9.17) is 0 Å². The summed E-state index contributed by atoms with van der Waals surface area (Å²) in [5.41, 5.74) is 1.19. The van der Waals surface area contributed by atoms with Crippen LogP contribution in [0.2, 0.25) is 0 Å². The Balaban J connectivity index is 1.66. The molecule has 0 bridgehead atoms. The van der Waals surface area contributed by atoms with Gasteiger partial charge in [0, 0.05) is 25.3 Å². The van der Waals surface area contributed by atoms with Crippen LogP contribution in [0.1, 0.15) is 12.0 Å². The minimum atomic E-state index is -3.73. The Hall–Kier alpha value is -2.29. The van der Waals surface area contributed by atoms with Crippen LogP contribution in [-0.2, 0) is 21.5 Å². The molecule has 0 unspecified atom stereocenters. The van der Waals surface area contributed by atoms with E-state index in [1.54, 1.807) is 6.07 Å². The molecule has 0 aliphatic carbocycles. The largest absolute Gasteiger partial charge is 0.325 e. The number of amides is 1. The molecule has 1 heterocycles. The van der Waals surface area contributed by atoms with Crippen molar-refractivity contribution in [2.24, 2.45) is 0 Å². The van der Waals surface area contributed by atoms with E-state index >= 15 is 0 Å². The first kappa shape index (κ1) is 18.5. The van der Waals surface area contributed by atoms with Gasteiger partial charge in [0.1, 0.15) is 5.82 Å². The number of halogens is 1. The van der Waals surface area contributed by atoms with Gasteiger partial charge in [-0.1, -0.05) is 36.4 Å². The van der Waals surface area contributed by atoms with Gasteiger partial charge in [-0.2, -0.15) is 17.0 Å². The Labute approximate surface area is 152 Å². The highest BCUT2D eigenvalue weighted by molar-refractivity contribution is 7.86. The Bertz CT molecular complexity index is 874. The average Bonchev–Trinajstić information content (AvgIpc) is 2.59. The molecule has 3 rings (SSSR count). The van der Waals surface area contributed by atoms with E-state index in [9.17, 15) is 17.6 Å². The summed E-state index contributed by atoms with van der Waals surface area (Å²) in [6.45, 7) is 0.665. The van der Waals surface area contributed by atoms with Gasteiger partial charge in [0.25, 0.3) is 10.2 Å². The molecule has 2 aromatic rings. The standard InChI is InChI=1S/C18H20FN3O3S/c19-16-8-4-9-17(12-16)20-18(23)14-22-11-5-10-21(26(22,24)25)13-15-6-2-1-3-7-15/h1-4,6-9,12H,5,10-11,13-14H2,(H,20,23). The first-order valence-corrected chi connectivity index (χ1v) is 9.69. The van der Waals surface area contributed by atoms with E-state index in [2.05, 4.69) is 5.32 Å². The summed E-state index contributed by atoms with van der Waals surface area (Å²) in [5.74, 6) is -0.969. The van der Waals surface area contributed by atoms with Gasteiger partial charge < -0.3 is 5.32 Å². The summed E-state index contributed by atoms with van der Waals surface area (Å²) in [6.07, 6.45) is 0.638. The summed E-state index contributed by atoms with van der Waals surface area (Å²) >= 11 is 0. The maximum atomic E-state index is 13.2. The van der Waals surface area contributed by atoms with Gasteiger partial charge >= 0.3 is 0 Å². The fraction of sp³-hybridized carbons (Fsp3) is 0.278. The first-order valence-electron chi connectivity index (χ1n) is 8.30. The number of carbonyl (C=O) groups excluding carboxylic acids is 1. The van der Waals surface area contributed by atoms with Gasteiger partial charge in [0.15, 0.2) is 0 Å². The van der Waals surface area contributed by atoms with E-state index in [0.717, 1.165) is 9.87 Å². The zero-order valence-corrected chi connectivity index (χ0v) is 15.0. The summed E-state index contributed by atoms with van der Waals surface area (Å²) in [4.78, 5) is 12.2. The predicted octanol–water partition coefficient (Wildman–Crippen LogP) is 2.22. The maximum absolute atomic E-state index is 13.2. The molecule has 0 aromatic heterocycles. The van der Waals surface area contributed by atoms with Crippen LogP contribution in [0.4, 0.5) is 10.1 Å². The third kappa shape index (κ3) is 4.46. The van der Waals surface area contributed by atoms with Gasteiger partial charge in [-0.15, -0.1) is 0 Å². The molecule has 6 nitrogen and oxygen atoms in total. The Morgan fingerprint density at radius 1 is 1.04 bits per heavy atom. The molecule has 1 fully saturated rings. The zero-order chi connectivity index (χ0) is 18.6. The molecular formula is C18H20FN3O3S. The van der Waals surface area contributed by atoms with Gasteiger partial charge in [-0.3, -0.25) is 4.79 Å². The molecule has 8 heteroatoms. The SMILES string of the molecule is O=C(CN1CCCN(Cc2ccccc2)S1(=O)=O)Nc1cccc(F)c1. The molecule has 1 aliphatic rings. The van der Waals surface area contributed by atoms with Crippen LogP contribution < -0.4 is 5.32 Å². The molecular weight excluding hydrogens is 357 g/mol. The highest BCUT2D eigenvalue weighted by atomic mass is 32.2. The van der Waals surface area contributed by atoms with Crippen molar-refractivity contribution in [1.82, 2.24) is 8.61 Å². The van der Waals surface area contributed by atoms with Crippen molar-refractivity contribution >= 4 is 21.8 Å². The van der Waals surface area contributed by atoms with Crippen LogP contribution in [-0.4, -0.2) is 42.6 Å². The molecule has 1 N–H and O–H groups in total. The number of nitrogens with zero attached hydrogens (tertiary/aromatic N) is 2. The van der Waals surface area contributed by atoms with Crippen molar-refractivity contribution in [2.45, 2.75) is 13.0 Å². The second kappa shape index (κ2) is 7.94. The van der Waals surface area contributed by atoms with Gasteiger partial charge in [0.2, 0.25) is 5.91 Å². The number of rotatable bonds is 5. The first-order chi connectivity index (χ1) is 12.4. The number of hydrogen-bond acceptors (Lipinski definition) is 3. The summed E-state index contributed by atoms with van der Waals surface area (Å²) in [5, 5.41) is 2.53. The minimum absolute atomic E-state index is 0.269. The van der Waals surface area contributed by atoms with E-state index in [1.165, 1.54) is 22.5 Å². The van der Waals surface area contributed by atoms with E-state index in [1.807, 2.05) is 30.3 Å². The number of benzene rings is 2. The lowest BCUT2D eigenvalue weighted by molar-refractivity contribution is -0.116. The summed E-state index contributed by atoms with van der Waals surface area (Å²) in [7, 11) is -3.73. The van der Waals surface area contributed by atoms with Crippen molar-refractivity contribution in [3.63, 3.8) is 0 Å². The van der Waals surface area contributed by atoms with E-state index in [-0.39, 0.29) is 19.6 Å². The Morgan fingerprint density at radius 2 is 1.77 bits per heavy atom. The van der Waals surface area contributed by atoms with Crippen LogP contribution >= 0.6 is 0 Å². The third-order valence-electron chi connectivity index (χ3n) is 4.10. The molecule has 138 valence electrons. The second-order valence-electron chi connectivity index (χ2n) is 6.07. The van der Waals surface area contributed by atoms with Gasteiger partial charge in [-0.25, -0.2) is 4.39 Å². The van der Waals surface area contributed by atoms with Crippen LogP contribution in [0, 0.1) is 5.82 Å². The maximum Gasteiger partial charge on any atom is 0.282 e. The fourth-order valence-corrected chi connectivity index (χ4v) is 4.49. The lowest BCUT2D eigenvalue weighted by atomic mass is 10.2. The molecule has 0 atom stereocenters. The number of anilines is 1. The van der Waals surface area contributed by atoms with Crippen molar-refractivity contribution in [1.29, 1.82) is 0 Å². The third-order valence-corrected chi connectivity index (χ3v) is 6.03. The zero-order valence-electron chi connectivity index (χ0n) is 14.1. The Morgan fingerprint density at radius 3 is 2.50 bits per heavy atom. The highest BCUT2D eigenvalue weighted by Gasteiger charge is 2.34. The quantitative estimate of drug-likeness (QED) is 0.869. The highest BCUT2D eigenvalue weighted by Crippen LogP contribution is 2.19. The summed E-state index contributed by atoms with van der Waals surface area (Å²) in [6, 6.07) is 14.8. The predicted molar refractivity (Wildman–Crippen MR) is 97.0 cm³/mol. The number of hydrogen-bond donors (Lipinski definition) is 1. The molecule has 1 saturated heterocycles. The molecule has 26 heavy (non-hydrogen) atoms. The Kier molecular flexibility index (Phi) is 5.65. The van der Waals surface area contributed by atoms with Crippen LogP contribution in [0.3, 0.4) is 0 Å². The van der Waals surface area contributed by atoms with Crippen LogP contribution in [0.25, 0.3) is 0 Å². The number of carbonyl (C=O) groups is 1. The van der Waals surface area contributed by atoms with Crippen molar-refractivity contribution < 1.29 is 17.6 Å². The topological polar surface area (TPSA) is 69.7 Å². The van der Waals surface area contributed by atoms with Crippen LogP contribution in [0.5, 0.6) is 0 Å². The minimum Gasteiger partial charge on any atom is -0.325 e. The van der Waals surface area contributed by atoms with Crippen LogP contribution in [0.15, 0.2) is 54.6 Å². The van der Waals surface area contributed by atoms with Crippen molar-refractivity contribution in [2.75, 3.05) is 25.0 Å². The monoisotopic (exact) mass is 377 g/mol. The lowest BCUT2D eigenvalue weighted by Gasteiger charge is -2.34. The second-order valence-corrected chi connectivity index (χ2v) is 8.00. The molecule has 0 spiro atoms. The average molecular weight is 377 g/mol. The molecule has 0 radical (unpaired) electrons. The number of nitrogens with one attached hydrogen (secondary N) is 1. The molecule has 0 saturated carbocycles. The fourth-order valence-electron chi connectivity index (χ4n) is 2.85. The van der Waals surface area contributed by atoms with E-state index in [0.29, 0.717) is 18.7 Å². The lowest BCUT2D eigenvalue weighted by Crippen LogP contribution is -2.51. The molecule has 1 aliphatic heterocycles. The normalized spacial score (nSPS) is 17.7. The van der Waals surface area contributed by atoms with Gasteiger partial charge in [-0.05, 0) is 30.2 Å². The van der Waals surface area contributed by atoms with Crippen molar-refractivity contribution in [3.05, 3.63) is 66.0 Å². The smallest absolute Gasteiger partial charge is 0.282 e. The van der Waals surface area contributed by atoms with Crippen molar-refractivity contribution in [3.8, 4) is 0 Å². The van der Waals surface area contributed by atoms with Gasteiger partial charge in [0.05, 0.1) is 6.54 Å². The van der Waals surface area contributed by atoms with E-state index < -0.39 is 21.9 Å². The molecule has 1 amide bonds. The summed E-state index contributed by atoms with van der Waals surface area (Å²) < 4.78 is 41.3.